The summed E-state index contributed by atoms with van der Waals surface area (Å²) in [6.07, 6.45) is -9.57. The number of alkyl halides is 6. The zero-order valence-corrected chi connectivity index (χ0v) is 14.1. The predicted octanol–water partition coefficient (Wildman–Crippen LogP) is 3.43. The molecule has 0 fully saturated rings. The van der Waals surface area contributed by atoms with E-state index in [9.17, 15) is 36.2 Å². The van der Waals surface area contributed by atoms with Crippen LogP contribution in [0.5, 0.6) is 0 Å². The van der Waals surface area contributed by atoms with Crippen LogP contribution >= 0.6 is 0 Å². The van der Waals surface area contributed by atoms with Crippen molar-refractivity contribution in [3.8, 4) is 0 Å². The fourth-order valence-electron chi connectivity index (χ4n) is 2.30. The third-order valence-corrected chi connectivity index (χ3v) is 3.71. The molecule has 0 spiro atoms. The lowest BCUT2D eigenvalue weighted by Gasteiger charge is -2.22. The van der Waals surface area contributed by atoms with Gasteiger partial charge in [-0.15, -0.1) is 5.10 Å². The number of carbonyl (C=O) groups is 1. The molecule has 12 heteroatoms. The highest BCUT2D eigenvalue weighted by Gasteiger charge is 2.38. The maximum absolute atomic E-state index is 13.0. The van der Waals surface area contributed by atoms with E-state index in [-0.39, 0.29) is 5.56 Å². The molecular formula is C16H12F6N4O2. The van der Waals surface area contributed by atoms with Crippen molar-refractivity contribution < 1.29 is 36.2 Å². The van der Waals surface area contributed by atoms with E-state index in [0.717, 1.165) is 19.1 Å². The van der Waals surface area contributed by atoms with E-state index in [4.69, 9.17) is 6.57 Å². The van der Waals surface area contributed by atoms with Crippen molar-refractivity contribution in [3.05, 3.63) is 52.9 Å². The van der Waals surface area contributed by atoms with Crippen molar-refractivity contribution in [3.63, 3.8) is 0 Å². The van der Waals surface area contributed by atoms with Gasteiger partial charge in [-0.25, -0.2) is 14.5 Å². The third-order valence-electron chi connectivity index (χ3n) is 3.71. The average Bonchev–Trinajstić information content (AvgIpc) is 3.02. The van der Waals surface area contributed by atoms with Crippen LogP contribution in [0.2, 0.25) is 0 Å². The summed E-state index contributed by atoms with van der Waals surface area (Å²) in [5, 5.41) is 13.4. The topological polar surface area (TPSA) is 72.4 Å². The molecule has 0 aliphatic rings. The predicted molar refractivity (Wildman–Crippen MR) is 82.1 cm³/mol. The van der Waals surface area contributed by atoms with Crippen molar-refractivity contribution in [2.24, 2.45) is 0 Å². The molecule has 1 atom stereocenters. The first-order chi connectivity index (χ1) is 12.7. The summed E-state index contributed by atoms with van der Waals surface area (Å²) >= 11 is 0. The van der Waals surface area contributed by atoms with Gasteiger partial charge in [-0.05, 0) is 12.5 Å². The average molecular weight is 406 g/mol. The Bertz CT molecular complexity index is 924. The molecule has 0 saturated carbocycles. The van der Waals surface area contributed by atoms with Crippen LogP contribution in [0, 0.1) is 6.57 Å². The van der Waals surface area contributed by atoms with E-state index in [1.54, 1.807) is 0 Å². The standard InChI is InChI=1S/C16H12F6N4O2/c1-14(28,7-26-8-24-13(25-26)16(20,21)22)12(27)6-9-3-4-11(23-2)10(5-9)15(17,18)19/h3-5,8,28H,6-7H2,1H3/t14-/m0/s1. The van der Waals surface area contributed by atoms with Gasteiger partial charge in [0.05, 0.1) is 18.7 Å². The zero-order valence-electron chi connectivity index (χ0n) is 14.1. The number of hydrogen-bond donors (Lipinski definition) is 1. The van der Waals surface area contributed by atoms with E-state index >= 15 is 0 Å². The van der Waals surface area contributed by atoms with Gasteiger partial charge < -0.3 is 5.11 Å². The summed E-state index contributed by atoms with van der Waals surface area (Å²) in [5.74, 6) is -2.40. The second kappa shape index (κ2) is 7.23. The Balaban J connectivity index is 2.19. The molecule has 1 heterocycles. The second-order valence-corrected chi connectivity index (χ2v) is 6.10. The van der Waals surface area contributed by atoms with Crippen LogP contribution in [0.1, 0.15) is 23.9 Å². The van der Waals surface area contributed by atoms with E-state index in [1.807, 2.05) is 0 Å². The Hall–Kier alpha value is -2.94. The Morgan fingerprint density at radius 1 is 1.21 bits per heavy atom. The minimum atomic E-state index is -4.81. The summed E-state index contributed by atoms with van der Waals surface area (Å²) in [6.45, 7) is 7.09. The van der Waals surface area contributed by atoms with Crippen LogP contribution in [0.15, 0.2) is 24.5 Å². The van der Waals surface area contributed by atoms with Crippen LogP contribution in [-0.4, -0.2) is 31.3 Å². The largest absolute Gasteiger partial charge is 0.453 e. The number of Topliss-reactive ketones (excluding diaryl/α,β-unsaturated/α-hetero) is 1. The highest BCUT2D eigenvalue weighted by atomic mass is 19.4. The van der Waals surface area contributed by atoms with Crippen molar-refractivity contribution in [2.75, 3.05) is 0 Å². The molecule has 1 N–H and O–H groups in total. The molecule has 0 radical (unpaired) electrons. The molecular weight excluding hydrogens is 394 g/mol. The quantitative estimate of drug-likeness (QED) is 0.610. The van der Waals surface area contributed by atoms with Crippen LogP contribution in [0.25, 0.3) is 4.85 Å². The maximum Gasteiger partial charge on any atom is 0.453 e. The van der Waals surface area contributed by atoms with Crippen LogP contribution < -0.4 is 0 Å². The van der Waals surface area contributed by atoms with Crippen LogP contribution in [0.4, 0.5) is 32.0 Å². The third kappa shape index (κ3) is 4.86. The number of ketones is 1. The molecule has 2 rings (SSSR count). The molecule has 0 aliphatic heterocycles. The molecule has 1 aromatic heterocycles. The number of benzene rings is 1. The first-order valence-corrected chi connectivity index (χ1v) is 7.54. The number of rotatable bonds is 5. The number of halogens is 6. The lowest BCUT2D eigenvalue weighted by molar-refractivity contribution is -0.145. The lowest BCUT2D eigenvalue weighted by atomic mass is 9.94. The monoisotopic (exact) mass is 406 g/mol. The van der Waals surface area contributed by atoms with Crippen molar-refractivity contribution in [2.45, 2.75) is 37.8 Å². The van der Waals surface area contributed by atoms with Crippen molar-refractivity contribution in [1.29, 1.82) is 0 Å². The summed E-state index contributed by atoms with van der Waals surface area (Å²) in [6, 6.07) is 2.66. The molecule has 0 unspecified atom stereocenters. The normalized spacial score (nSPS) is 14.4. The summed E-state index contributed by atoms with van der Waals surface area (Å²) < 4.78 is 77.1. The summed E-state index contributed by atoms with van der Waals surface area (Å²) in [7, 11) is 0. The number of carbonyl (C=O) groups excluding carboxylic acids is 1. The molecule has 150 valence electrons. The molecule has 1 aromatic carbocycles. The fourth-order valence-corrected chi connectivity index (χ4v) is 2.30. The second-order valence-electron chi connectivity index (χ2n) is 6.10. The lowest BCUT2D eigenvalue weighted by Crippen LogP contribution is -2.41. The van der Waals surface area contributed by atoms with E-state index in [1.165, 1.54) is 0 Å². The van der Waals surface area contributed by atoms with Gasteiger partial charge in [-0.1, -0.05) is 18.2 Å². The number of nitrogens with zero attached hydrogens (tertiary/aromatic N) is 4. The van der Waals surface area contributed by atoms with E-state index in [2.05, 4.69) is 14.9 Å². The Kier molecular flexibility index (Phi) is 5.52. The summed E-state index contributed by atoms with van der Waals surface area (Å²) in [4.78, 5) is 18.1. The van der Waals surface area contributed by atoms with Crippen molar-refractivity contribution >= 4 is 11.5 Å². The molecule has 0 bridgehead atoms. The van der Waals surface area contributed by atoms with Gasteiger partial charge in [0, 0.05) is 6.42 Å². The molecule has 2 aromatic rings. The van der Waals surface area contributed by atoms with Gasteiger partial charge in [0.1, 0.15) is 11.9 Å². The van der Waals surface area contributed by atoms with Gasteiger partial charge in [0.25, 0.3) is 5.82 Å². The molecule has 0 saturated heterocycles. The first-order valence-electron chi connectivity index (χ1n) is 7.54. The molecule has 0 amide bonds. The van der Waals surface area contributed by atoms with Crippen molar-refractivity contribution in [1.82, 2.24) is 14.8 Å². The minimum absolute atomic E-state index is 0.112. The highest BCUT2D eigenvalue weighted by Crippen LogP contribution is 2.37. The van der Waals surface area contributed by atoms with Gasteiger partial charge in [0.2, 0.25) is 0 Å². The maximum atomic E-state index is 13.0. The molecule has 28 heavy (non-hydrogen) atoms. The zero-order chi connectivity index (χ0) is 21.3. The fraction of sp³-hybridized carbons (Fsp3) is 0.375. The number of aliphatic hydroxyl groups is 1. The Morgan fingerprint density at radius 3 is 2.36 bits per heavy atom. The number of aromatic nitrogens is 3. The van der Waals surface area contributed by atoms with Crippen LogP contribution in [0.3, 0.4) is 0 Å². The van der Waals surface area contributed by atoms with Gasteiger partial charge in [-0.3, -0.25) is 4.79 Å². The minimum Gasteiger partial charge on any atom is -0.380 e. The highest BCUT2D eigenvalue weighted by molar-refractivity contribution is 5.88. The molecule has 6 nitrogen and oxygen atoms in total. The molecule has 0 aliphatic carbocycles. The summed E-state index contributed by atoms with van der Waals surface area (Å²) in [5.41, 5.74) is -4.19. The van der Waals surface area contributed by atoms with Crippen LogP contribution in [-0.2, 0) is 30.1 Å². The Morgan fingerprint density at radius 2 is 1.86 bits per heavy atom. The number of hydrogen-bond acceptors (Lipinski definition) is 4. The SMILES string of the molecule is [C-]#[N+]c1ccc(CC(=O)[C@@](C)(O)Cn2cnc(C(F)(F)F)n2)cc1C(F)(F)F. The Labute approximate surface area is 154 Å². The van der Waals surface area contributed by atoms with Gasteiger partial charge >= 0.3 is 12.4 Å². The van der Waals surface area contributed by atoms with Gasteiger partial charge in [-0.2, -0.15) is 26.3 Å². The van der Waals surface area contributed by atoms with Gasteiger partial charge in [0.15, 0.2) is 11.5 Å². The smallest absolute Gasteiger partial charge is 0.380 e. The first kappa shape index (κ1) is 21.4. The van der Waals surface area contributed by atoms with E-state index < -0.39 is 53.8 Å². The van der Waals surface area contributed by atoms with E-state index in [0.29, 0.717) is 17.1 Å².